The first kappa shape index (κ1) is 24.3. The summed E-state index contributed by atoms with van der Waals surface area (Å²) in [6.07, 6.45) is -1.26. The van der Waals surface area contributed by atoms with E-state index in [4.69, 9.17) is 4.74 Å². The summed E-state index contributed by atoms with van der Waals surface area (Å²) in [7, 11) is 0. The lowest BCUT2D eigenvalue weighted by atomic mass is 9.74. The molecule has 2 fully saturated rings. The SMILES string of the molecule is CC(C)[C@]1(C(=O)N2CCn3c(cc(C(F)(F)F)cc3=O)C2)CC[C@@H](N[C@@H]2CCOC[C@@H]2C)C1. The summed E-state index contributed by atoms with van der Waals surface area (Å²) in [5, 5.41) is 3.76. The molecule has 2 aliphatic heterocycles. The maximum absolute atomic E-state index is 13.8. The second-order valence-corrected chi connectivity index (χ2v) is 10.3. The topological polar surface area (TPSA) is 63.6 Å². The summed E-state index contributed by atoms with van der Waals surface area (Å²) < 4.78 is 46.6. The third-order valence-electron chi connectivity index (χ3n) is 7.95. The lowest BCUT2D eigenvalue weighted by Crippen LogP contribution is -2.51. The van der Waals surface area contributed by atoms with Gasteiger partial charge in [0.15, 0.2) is 0 Å². The average Bonchev–Trinajstić information content (AvgIpc) is 3.19. The van der Waals surface area contributed by atoms with Crippen LogP contribution in [0, 0.1) is 17.3 Å². The molecule has 3 heterocycles. The first-order chi connectivity index (χ1) is 15.5. The van der Waals surface area contributed by atoms with Crippen molar-refractivity contribution in [2.24, 2.45) is 17.3 Å². The predicted octanol–water partition coefficient (Wildman–Crippen LogP) is 3.42. The standard InChI is InChI=1S/C24H34F3N3O3/c1-15(2)23(6-4-18(12-23)28-20-5-9-33-14-16(20)3)22(32)29-7-8-30-19(13-29)10-17(11-21(30)31)24(25,26)27/h10-11,15-16,18,20,28H,4-9,12-14H2,1-3H3/t16-,18+,20+,23-/m0/s1. The molecule has 1 amide bonds. The Hall–Kier alpha value is -1.87. The van der Waals surface area contributed by atoms with Gasteiger partial charge in [-0.2, -0.15) is 13.2 Å². The molecule has 184 valence electrons. The molecule has 0 aromatic carbocycles. The van der Waals surface area contributed by atoms with Crippen LogP contribution in [0.1, 0.15) is 57.7 Å². The van der Waals surface area contributed by atoms with Crippen LogP contribution in [0.25, 0.3) is 0 Å². The fraction of sp³-hybridized carbons (Fsp3) is 0.750. The first-order valence-electron chi connectivity index (χ1n) is 12.0. The molecule has 4 atom stereocenters. The van der Waals surface area contributed by atoms with E-state index in [0.29, 0.717) is 24.6 Å². The van der Waals surface area contributed by atoms with E-state index < -0.39 is 22.7 Å². The lowest BCUT2D eigenvalue weighted by molar-refractivity contribution is -0.146. The summed E-state index contributed by atoms with van der Waals surface area (Å²) in [4.78, 5) is 27.7. The summed E-state index contributed by atoms with van der Waals surface area (Å²) in [6.45, 7) is 8.36. The fourth-order valence-electron chi connectivity index (χ4n) is 5.80. The number of halogens is 3. The molecule has 4 rings (SSSR count). The Labute approximate surface area is 192 Å². The van der Waals surface area contributed by atoms with Gasteiger partial charge in [0, 0.05) is 43.5 Å². The third-order valence-corrected chi connectivity index (χ3v) is 7.95. The van der Waals surface area contributed by atoms with Crippen molar-refractivity contribution in [3.63, 3.8) is 0 Å². The van der Waals surface area contributed by atoms with Crippen molar-refractivity contribution in [1.29, 1.82) is 0 Å². The Morgan fingerprint density at radius 2 is 2.00 bits per heavy atom. The summed E-state index contributed by atoms with van der Waals surface area (Å²) in [6, 6.07) is 2.25. The number of amides is 1. The minimum Gasteiger partial charge on any atom is -0.381 e. The Morgan fingerprint density at radius 3 is 2.67 bits per heavy atom. The van der Waals surface area contributed by atoms with Crippen LogP contribution in [-0.2, 0) is 28.8 Å². The van der Waals surface area contributed by atoms with E-state index in [1.165, 1.54) is 4.57 Å². The van der Waals surface area contributed by atoms with E-state index in [-0.39, 0.29) is 36.7 Å². The second-order valence-electron chi connectivity index (χ2n) is 10.3. The zero-order valence-electron chi connectivity index (χ0n) is 19.6. The number of nitrogens with zero attached hydrogens (tertiary/aromatic N) is 2. The zero-order valence-corrected chi connectivity index (χ0v) is 19.6. The number of fused-ring (bicyclic) bond motifs is 1. The van der Waals surface area contributed by atoms with Crippen molar-refractivity contribution in [3.8, 4) is 0 Å². The zero-order chi connectivity index (χ0) is 24.0. The molecule has 1 aromatic heterocycles. The van der Waals surface area contributed by atoms with Gasteiger partial charge in [-0.15, -0.1) is 0 Å². The third kappa shape index (κ3) is 4.71. The number of rotatable bonds is 4. The summed E-state index contributed by atoms with van der Waals surface area (Å²) in [5.74, 6) is 0.524. The van der Waals surface area contributed by atoms with E-state index in [0.717, 1.165) is 45.0 Å². The number of carbonyl (C=O) groups excluding carboxylic acids is 1. The van der Waals surface area contributed by atoms with E-state index >= 15 is 0 Å². The summed E-state index contributed by atoms with van der Waals surface area (Å²) >= 11 is 0. The highest BCUT2D eigenvalue weighted by Gasteiger charge is 2.50. The van der Waals surface area contributed by atoms with Gasteiger partial charge in [0.05, 0.1) is 24.1 Å². The number of pyridine rings is 1. The average molecular weight is 470 g/mol. The minimum atomic E-state index is -4.59. The maximum Gasteiger partial charge on any atom is 0.416 e. The van der Waals surface area contributed by atoms with E-state index in [1.54, 1.807) is 4.90 Å². The Balaban J connectivity index is 1.51. The number of hydrogen-bond donors (Lipinski definition) is 1. The molecule has 0 spiro atoms. The van der Waals surface area contributed by atoms with Gasteiger partial charge in [0.25, 0.3) is 5.56 Å². The Kier molecular flexibility index (Phi) is 6.66. The van der Waals surface area contributed by atoms with Crippen LogP contribution in [0.5, 0.6) is 0 Å². The fourth-order valence-corrected chi connectivity index (χ4v) is 5.80. The van der Waals surface area contributed by atoms with Gasteiger partial charge in [-0.05, 0) is 43.6 Å². The largest absolute Gasteiger partial charge is 0.416 e. The highest BCUT2D eigenvalue weighted by molar-refractivity contribution is 5.83. The normalized spacial score (nSPS) is 30.5. The smallest absolute Gasteiger partial charge is 0.381 e. The van der Waals surface area contributed by atoms with E-state index in [9.17, 15) is 22.8 Å². The van der Waals surface area contributed by atoms with Gasteiger partial charge >= 0.3 is 6.18 Å². The number of aromatic nitrogens is 1. The van der Waals surface area contributed by atoms with Crippen LogP contribution in [0.4, 0.5) is 13.2 Å². The number of ether oxygens (including phenoxy) is 1. The molecule has 3 aliphatic rings. The molecular formula is C24H34F3N3O3. The van der Waals surface area contributed by atoms with E-state index in [1.807, 2.05) is 0 Å². The molecule has 1 saturated heterocycles. The van der Waals surface area contributed by atoms with Crippen LogP contribution < -0.4 is 10.9 Å². The first-order valence-corrected chi connectivity index (χ1v) is 12.0. The van der Waals surface area contributed by atoms with Crippen LogP contribution >= 0.6 is 0 Å². The van der Waals surface area contributed by atoms with E-state index in [2.05, 4.69) is 26.1 Å². The van der Waals surface area contributed by atoms with Crippen molar-refractivity contribution in [3.05, 3.63) is 33.7 Å². The number of alkyl halides is 3. The molecular weight excluding hydrogens is 435 g/mol. The van der Waals surface area contributed by atoms with Crippen LogP contribution in [-0.4, -0.2) is 47.2 Å². The molecule has 1 aromatic rings. The number of hydrogen-bond acceptors (Lipinski definition) is 4. The van der Waals surface area contributed by atoms with Crippen molar-refractivity contribution >= 4 is 5.91 Å². The molecule has 33 heavy (non-hydrogen) atoms. The molecule has 0 bridgehead atoms. The van der Waals surface area contributed by atoms with Gasteiger partial charge in [-0.25, -0.2) is 0 Å². The highest BCUT2D eigenvalue weighted by Crippen LogP contribution is 2.46. The van der Waals surface area contributed by atoms with Crippen LogP contribution in [0.15, 0.2) is 16.9 Å². The minimum absolute atomic E-state index is 0.00191. The van der Waals surface area contributed by atoms with Gasteiger partial charge in [-0.1, -0.05) is 20.8 Å². The van der Waals surface area contributed by atoms with Crippen LogP contribution in [0.2, 0.25) is 0 Å². The molecule has 9 heteroatoms. The van der Waals surface area contributed by atoms with Crippen molar-refractivity contribution in [1.82, 2.24) is 14.8 Å². The molecule has 0 unspecified atom stereocenters. The quantitative estimate of drug-likeness (QED) is 0.734. The molecule has 1 saturated carbocycles. The number of carbonyl (C=O) groups is 1. The van der Waals surface area contributed by atoms with Crippen molar-refractivity contribution in [2.45, 2.75) is 77.8 Å². The maximum atomic E-state index is 13.8. The molecule has 1 N–H and O–H groups in total. The van der Waals surface area contributed by atoms with Gasteiger partial charge in [0.2, 0.25) is 5.91 Å². The molecule has 0 radical (unpaired) electrons. The highest BCUT2D eigenvalue weighted by atomic mass is 19.4. The van der Waals surface area contributed by atoms with Crippen molar-refractivity contribution in [2.75, 3.05) is 19.8 Å². The van der Waals surface area contributed by atoms with Gasteiger partial charge in [0.1, 0.15) is 0 Å². The lowest BCUT2D eigenvalue weighted by Gasteiger charge is -2.40. The number of nitrogens with one attached hydrogen (secondary N) is 1. The van der Waals surface area contributed by atoms with Gasteiger partial charge in [-0.3, -0.25) is 9.59 Å². The summed E-state index contributed by atoms with van der Waals surface area (Å²) in [5.41, 5.74) is -1.92. The van der Waals surface area contributed by atoms with Crippen LogP contribution in [0.3, 0.4) is 0 Å². The Bertz CT molecular complexity index is 945. The monoisotopic (exact) mass is 469 g/mol. The second kappa shape index (κ2) is 9.06. The Morgan fingerprint density at radius 1 is 1.24 bits per heavy atom. The molecule has 1 aliphatic carbocycles. The van der Waals surface area contributed by atoms with Gasteiger partial charge < -0.3 is 19.5 Å². The van der Waals surface area contributed by atoms with Crippen molar-refractivity contribution < 1.29 is 22.7 Å². The predicted molar refractivity (Wildman–Crippen MR) is 118 cm³/mol. The molecule has 6 nitrogen and oxygen atoms in total.